The number of pyridine rings is 1. The lowest BCUT2D eigenvalue weighted by atomic mass is 9.84. The average molecular weight is 317 g/mol. The maximum atomic E-state index is 12.5. The molecule has 0 atom stereocenters. The summed E-state index contributed by atoms with van der Waals surface area (Å²) >= 11 is 0. The molecular formula is C18H27N3O2. The Kier molecular flexibility index (Phi) is 5.28. The number of carbonyl (C=O) groups excluding carboxylic acids is 1. The minimum Gasteiger partial charge on any atom is -0.385 e. The molecule has 0 unspecified atom stereocenters. The first-order valence-corrected chi connectivity index (χ1v) is 8.66. The number of amides is 1. The van der Waals surface area contributed by atoms with E-state index in [9.17, 15) is 4.79 Å². The number of hydrogen-bond acceptors (Lipinski definition) is 4. The Labute approximate surface area is 138 Å². The lowest BCUT2D eigenvalue weighted by molar-refractivity contribution is 0.0692. The van der Waals surface area contributed by atoms with E-state index in [-0.39, 0.29) is 11.4 Å². The van der Waals surface area contributed by atoms with Crippen molar-refractivity contribution < 1.29 is 9.53 Å². The van der Waals surface area contributed by atoms with Gasteiger partial charge in [0.25, 0.3) is 5.91 Å². The Morgan fingerprint density at radius 3 is 2.78 bits per heavy atom. The number of nitrogens with one attached hydrogen (secondary N) is 1. The van der Waals surface area contributed by atoms with Crippen LogP contribution in [0.5, 0.6) is 0 Å². The summed E-state index contributed by atoms with van der Waals surface area (Å²) in [7, 11) is 1.72. The zero-order valence-corrected chi connectivity index (χ0v) is 14.0. The van der Waals surface area contributed by atoms with Gasteiger partial charge in [-0.3, -0.25) is 9.78 Å². The van der Waals surface area contributed by atoms with Crippen LogP contribution in [0.25, 0.3) is 0 Å². The SMILES string of the molecule is COCCC1(NC(=O)c2ccccn2)CCN(CC2CC2)CC1. The quantitative estimate of drug-likeness (QED) is 0.837. The van der Waals surface area contributed by atoms with Crippen LogP contribution in [0, 0.1) is 5.92 Å². The Bertz CT molecular complexity index is 508. The lowest BCUT2D eigenvalue weighted by Crippen LogP contribution is -2.56. The average Bonchev–Trinajstić information content (AvgIpc) is 3.40. The van der Waals surface area contributed by atoms with Gasteiger partial charge in [-0.1, -0.05) is 6.07 Å². The first-order chi connectivity index (χ1) is 11.2. The van der Waals surface area contributed by atoms with Crippen LogP contribution in [0.2, 0.25) is 0 Å². The van der Waals surface area contributed by atoms with Gasteiger partial charge < -0.3 is 15.0 Å². The van der Waals surface area contributed by atoms with Gasteiger partial charge >= 0.3 is 0 Å². The second kappa shape index (κ2) is 7.41. The molecule has 1 saturated carbocycles. The van der Waals surface area contributed by atoms with Crippen molar-refractivity contribution in [1.29, 1.82) is 0 Å². The van der Waals surface area contributed by atoms with Crippen molar-refractivity contribution in [3.8, 4) is 0 Å². The topological polar surface area (TPSA) is 54.5 Å². The number of hydrogen-bond donors (Lipinski definition) is 1. The van der Waals surface area contributed by atoms with Gasteiger partial charge in [-0.25, -0.2) is 0 Å². The molecule has 23 heavy (non-hydrogen) atoms. The maximum Gasteiger partial charge on any atom is 0.270 e. The smallest absolute Gasteiger partial charge is 0.270 e. The van der Waals surface area contributed by atoms with Crippen molar-refractivity contribution in [2.45, 2.75) is 37.6 Å². The third-order valence-electron chi connectivity index (χ3n) is 5.09. The molecule has 126 valence electrons. The van der Waals surface area contributed by atoms with E-state index in [0.29, 0.717) is 12.3 Å². The summed E-state index contributed by atoms with van der Waals surface area (Å²) in [6.07, 6.45) is 7.28. The monoisotopic (exact) mass is 317 g/mol. The highest BCUT2D eigenvalue weighted by atomic mass is 16.5. The van der Waals surface area contributed by atoms with Crippen LogP contribution in [-0.2, 0) is 4.74 Å². The van der Waals surface area contributed by atoms with Crippen LogP contribution in [0.3, 0.4) is 0 Å². The van der Waals surface area contributed by atoms with Crippen molar-refractivity contribution in [3.05, 3.63) is 30.1 Å². The number of ether oxygens (including phenoxy) is 1. The molecule has 1 aromatic heterocycles. The molecule has 0 radical (unpaired) electrons. The Balaban J connectivity index is 1.61. The molecule has 2 fully saturated rings. The van der Waals surface area contributed by atoms with Gasteiger partial charge in [0.1, 0.15) is 5.69 Å². The number of aromatic nitrogens is 1. The van der Waals surface area contributed by atoms with Crippen LogP contribution in [-0.4, -0.2) is 54.7 Å². The third kappa shape index (κ3) is 4.52. The second-order valence-electron chi connectivity index (χ2n) is 6.94. The summed E-state index contributed by atoms with van der Waals surface area (Å²) in [6.45, 7) is 4.02. The molecule has 0 spiro atoms. The number of rotatable bonds is 7. The Hall–Kier alpha value is -1.46. The van der Waals surface area contributed by atoms with Crippen molar-refractivity contribution in [1.82, 2.24) is 15.2 Å². The molecule has 2 heterocycles. The van der Waals surface area contributed by atoms with E-state index < -0.39 is 0 Å². The van der Waals surface area contributed by atoms with Crippen molar-refractivity contribution >= 4 is 5.91 Å². The molecule has 1 aliphatic carbocycles. The summed E-state index contributed by atoms with van der Waals surface area (Å²) < 4.78 is 5.28. The van der Waals surface area contributed by atoms with E-state index >= 15 is 0 Å². The molecule has 1 amide bonds. The predicted octanol–water partition coefficient (Wildman–Crippen LogP) is 2.09. The highest BCUT2D eigenvalue weighted by molar-refractivity contribution is 5.92. The fourth-order valence-electron chi connectivity index (χ4n) is 3.37. The van der Waals surface area contributed by atoms with E-state index in [4.69, 9.17) is 4.74 Å². The molecular weight excluding hydrogens is 290 g/mol. The first-order valence-electron chi connectivity index (χ1n) is 8.66. The van der Waals surface area contributed by atoms with E-state index in [1.165, 1.54) is 19.4 Å². The molecule has 3 rings (SSSR count). The standard InChI is InChI=1S/C18H27N3O2/c1-23-13-9-18(20-17(22)16-4-2-3-10-19-16)7-11-21(12-8-18)14-15-5-6-15/h2-4,10,15H,5-9,11-14H2,1H3,(H,20,22). The maximum absolute atomic E-state index is 12.5. The molecule has 1 aromatic rings. The Morgan fingerprint density at radius 2 is 2.17 bits per heavy atom. The van der Waals surface area contributed by atoms with Gasteiger partial charge in [0.15, 0.2) is 0 Å². The minimum absolute atomic E-state index is 0.0719. The van der Waals surface area contributed by atoms with E-state index in [1.807, 2.05) is 12.1 Å². The molecule has 1 aliphatic heterocycles. The van der Waals surface area contributed by atoms with Gasteiger partial charge in [-0.05, 0) is 50.2 Å². The van der Waals surface area contributed by atoms with Gasteiger partial charge in [-0.2, -0.15) is 0 Å². The largest absolute Gasteiger partial charge is 0.385 e. The van der Waals surface area contributed by atoms with Gasteiger partial charge in [0.05, 0.1) is 0 Å². The predicted molar refractivity (Wildman–Crippen MR) is 89.3 cm³/mol. The molecule has 1 N–H and O–H groups in total. The zero-order valence-electron chi connectivity index (χ0n) is 14.0. The van der Waals surface area contributed by atoms with Gasteiger partial charge in [-0.15, -0.1) is 0 Å². The highest BCUT2D eigenvalue weighted by Crippen LogP contribution is 2.33. The van der Waals surface area contributed by atoms with E-state index in [1.54, 1.807) is 19.4 Å². The van der Waals surface area contributed by atoms with E-state index in [2.05, 4.69) is 15.2 Å². The van der Waals surface area contributed by atoms with Crippen LogP contribution in [0.15, 0.2) is 24.4 Å². The first kappa shape index (κ1) is 16.4. The number of piperidine rings is 1. The summed E-state index contributed by atoms with van der Waals surface area (Å²) in [5.74, 6) is 0.849. The normalized spacial score (nSPS) is 21.1. The fourth-order valence-corrected chi connectivity index (χ4v) is 3.37. The molecule has 1 saturated heterocycles. The van der Waals surface area contributed by atoms with Crippen LogP contribution >= 0.6 is 0 Å². The third-order valence-corrected chi connectivity index (χ3v) is 5.09. The molecule has 5 nitrogen and oxygen atoms in total. The molecule has 0 aromatic carbocycles. The lowest BCUT2D eigenvalue weighted by Gasteiger charge is -2.42. The fraction of sp³-hybridized carbons (Fsp3) is 0.667. The van der Waals surface area contributed by atoms with Crippen LogP contribution in [0.4, 0.5) is 0 Å². The van der Waals surface area contributed by atoms with Gasteiger partial charge in [0, 0.05) is 45.1 Å². The Morgan fingerprint density at radius 1 is 1.39 bits per heavy atom. The highest BCUT2D eigenvalue weighted by Gasteiger charge is 2.37. The van der Waals surface area contributed by atoms with Crippen LogP contribution in [0.1, 0.15) is 42.6 Å². The van der Waals surface area contributed by atoms with Crippen molar-refractivity contribution in [2.75, 3.05) is 33.4 Å². The molecule has 2 aliphatic rings. The number of methoxy groups -OCH3 is 1. The van der Waals surface area contributed by atoms with E-state index in [0.717, 1.165) is 38.3 Å². The number of carbonyl (C=O) groups is 1. The molecule has 0 bridgehead atoms. The van der Waals surface area contributed by atoms with Crippen molar-refractivity contribution in [2.24, 2.45) is 5.92 Å². The summed E-state index contributed by atoms with van der Waals surface area (Å²) in [5, 5.41) is 3.26. The zero-order chi connectivity index (χ0) is 16.1. The number of likely N-dealkylation sites (tertiary alicyclic amines) is 1. The van der Waals surface area contributed by atoms with Gasteiger partial charge in [0.2, 0.25) is 0 Å². The number of nitrogens with zero attached hydrogens (tertiary/aromatic N) is 2. The summed E-state index contributed by atoms with van der Waals surface area (Å²) in [6, 6.07) is 5.44. The minimum atomic E-state index is -0.162. The summed E-state index contributed by atoms with van der Waals surface area (Å²) in [5.41, 5.74) is 0.328. The van der Waals surface area contributed by atoms with Crippen molar-refractivity contribution in [3.63, 3.8) is 0 Å². The second-order valence-corrected chi connectivity index (χ2v) is 6.94. The molecule has 5 heteroatoms. The van der Waals surface area contributed by atoms with Crippen LogP contribution < -0.4 is 5.32 Å². The summed E-state index contributed by atoms with van der Waals surface area (Å²) in [4.78, 5) is 19.2.